The predicted octanol–water partition coefficient (Wildman–Crippen LogP) is 1.57. The molecule has 0 spiro atoms. The minimum absolute atomic E-state index is 0.0590. The number of amides is 2. The van der Waals surface area contributed by atoms with Crippen molar-refractivity contribution in [3.63, 3.8) is 0 Å². The van der Waals surface area contributed by atoms with Crippen LogP contribution >= 0.6 is 0 Å². The van der Waals surface area contributed by atoms with Crippen LogP contribution in [0.25, 0.3) is 0 Å². The van der Waals surface area contributed by atoms with Crippen molar-refractivity contribution in [2.45, 2.75) is 33.7 Å². The van der Waals surface area contributed by atoms with Crippen LogP contribution in [0.4, 0.5) is 5.69 Å². The van der Waals surface area contributed by atoms with Crippen LogP contribution in [0, 0.1) is 6.92 Å². The largest absolute Gasteiger partial charge is 0.465 e. The highest BCUT2D eigenvalue weighted by molar-refractivity contribution is 5.96. The van der Waals surface area contributed by atoms with E-state index in [1.54, 1.807) is 23.1 Å². The van der Waals surface area contributed by atoms with Gasteiger partial charge in [-0.2, -0.15) is 0 Å². The normalized spacial score (nSPS) is 10.7. The maximum atomic E-state index is 12.3. The van der Waals surface area contributed by atoms with Crippen LogP contribution in [-0.2, 0) is 14.3 Å². The molecule has 0 aliphatic carbocycles. The van der Waals surface area contributed by atoms with E-state index in [-0.39, 0.29) is 30.9 Å². The molecule has 0 bridgehead atoms. The van der Waals surface area contributed by atoms with Crippen molar-refractivity contribution in [3.05, 3.63) is 29.3 Å². The predicted molar refractivity (Wildman–Crippen MR) is 96.5 cm³/mol. The van der Waals surface area contributed by atoms with Gasteiger partial charge in [-0.25, -0.2) is 4.79 Å². The molecular weight excluding hydrogens is 322 g/mol. The number of carbonyl (C=O) groups excluding carboxylic acids is 3. The zero-order valence-electron chi connectivity index (χ0n) is 15.5. The van der Waals surface area contributed by atoms with Gasteiger partial charge in [0.2, 0.25) is 11.8 Å². The van der Waals surface area contributed by atoms with Gasteiger partial charge in [-0.1, -0.05) is 13.0 Å². The van der Waals surface area contributed by atoms with E-state index in [0.717, 1.165) is 5.56 Å². The number of carbonyl (C=O) groups is 3. The lowest BCUT2D eigenvalue weighted by Gasteiger charge is -2.20. The van der Waals surface area contributed by atoms with Gasteiger partial charge in [-0.15, -0.1) is 0 Å². The molecule has 0 atom stereocenters. The fourth-order valence-electron chi connectivity index (χ4n) is 2.24. The Kier molecular flexibility index (Phi) is 8.07. The minimum atomic E-state index is -0.462. The van der Waals surface area contributed by atoms with E-state index in [9.17, 15) is 14.4 Å². The number of hydrogen-bond acceptors (Lipinski definition) is 5. The third kappa shape index (κ3) is 6.93. The molecule has 2 amide bonds. The van der Waals surface area contributed by atoms with Gasteiger partial charge < -0.3 is 15.4 Å². The second-order valence-corrected chi connectivity index (χ2v) is 6.09. The molecule has 0 unspecified atom stereocenters. The van der Waals surface area contributed by atoms with Crippen molar-refractivity contribution in [1.29, 1.82) is 0 Å². The Morgan fingerprint density at radius 3 is 2.36 bits per heavy atom. The van der Waals surface area contributed by atoms with E-state index in [4.69, 9.17) is 0 Å². The Morgan fingerprint density at radius 2 is 1.80 bits per heavy atom. The molecule has 1 rings (SSSR count). The summed E-state index contributed by atoms with van der Waals surface area (Å²) in [5, 5.41) is 5.59. The summed E-state index contributed by atoms with van der Waals surface area (Å²) in [7, 11) is 1.31. The molecule has 2 N–H and O–H groups in total. The van der Waals surface area contributed by atoms with Crippen molar-refractivity contribution in [1.82, 2.24) is 10.2 Å². The molecule has 25 heavy (non-hydrogen) atoms. The summed E-state index contributed by atoms with van der Waals surface area (Å²) in [5.41, 5.74) is 1.75. The maximum Gasteiger partial charge on any atom is 0.337 e. The van der Waals surface area contributed by atoms with Gasteiger partial charge in [0, 0.05) is 11.7 Å². The number of nitrogens with one attached hydrogen (secondary N) is 2. The van der Waals surface area contributed by atoms with E-state index in [1.165, 1.54) is 7.11 Å². The monoisotopic (exact) mass is 349 g/mol. The van der Waals surface area contributed by atoms with Crippen molar-refractivity contribution >= 4 is 23.5 Å². The molecule has 7 nitrogen and oxygen atoms in total. The molecule has 0 aromatic heterocycles. The highest BCUT2D eigenvalue weighted by atomic mass is 16.5. The number of rotatable bonds is 8. The zero-order valence-corrected chi connectivity index (χ0v) is 15.5. The van der Waals surface area contributed by atoms with Crippen LogP contribution < -0.4 is 10.6 Å². The Bertz CT molecular complexity index is 629. The Labute approximate surface area is 148 Å². The van der Waals surface area contributed by atoms with Crippen LogP contribution in [0.3, 0.4) is 0 Å². The van der Waals surface area contributed by atoms with Crippen molar-refractivity contribution < 1.29 is 19.1 Å². The van der Waals surface area contributed by atoms with Crippen LogP contribution in [0.15, 0.2) is 18.2 Å². The van der Waals surface area contributed by atoms with Crippen molar-refractivity contribution in [2.75, 3.05) is 32.1 Å². The van der Waals surface area contributed by atoms with Gasteiger partial charge in [-0.05, 0) is 45.0 Å². The average molecular weight is 349 g/mol. The van der Waals surface area contributed by atoms with Crippen LogP contribution in [0.5, 0.6) is 0 Å². The molecule has 0 aliphatic heterocycles. The van der Waals surface area contributed by atoms with E-state index < -0.39 is 5.97 Å². The number of methoxy groups -OCH3 is 1. The van der Waals surface area contributed by atoms with Crippen LogP contribution in [-0.4, -0.2) is 55.5 Å². The SMILES string of the molecule is CCN(CC(=O)Nc1cc(C(=O)OC)ccc1C)CC(=O)NC(C)C. The van der Waals surface area contributed by atoms with Gasteiger partial charge in [0.25, 0.3) is 0 Å². The smallest absolute Gasteiger partial charge is 0.337 e. The number of likely N-dealkylation sites (N-methyl/N-ethyl adjacent to an activating group) is 1. The fourth-order valence-corrected chi connectivity index (χ4v) is 2.24. The second kappa shape index (κ2) is 9.78. The summed E-state index contributed by atoms with van der Waals surface area (Å²) in [6, 6.07) is 5.03. The molecule has 0 fully saturated rings. The lowest BCUT2D eigenvalue weighted by Crippen LogP contribution is -2.42. The summed E-state index contributed by atoms with van der Waals surface area (Å²) in [6.07, 6.45) is 0. The first-order valence-electron chi connectivity index (χ1n) is 8.27. The average Bonchev–Trinajstić information content (AvgIpc) is 2.54. The van der Waals surface area contributed by atoms with E-state index in [1.807, 2.05) is 27.7 Å². The van der Waals surface area contributed by atoms with E-state index in [2.05, 4.69) is 15.4 Å². The Hall–Kier alpha value is -2.41. The van der Waals surface area contributed by atoms with Crippen LogP contribution in [0.2, 0.25) is 0 Å². The van der Waals surface area contributed by atoms with Gasteiger partial charge >= 0.3 is 5.97 Å². The first-order chi connectivity index (χ1) is 11.8. The molecule has 0 radical (unpaired) electrons. The van der Waals surface area contributed by atoms with Gasteiger partial charge in [-0.3, -0.25) is 14.5 Å². The van der Waals surface area contributed by atoms with Crippen molar-refractivity contribution in [2.24, 2.45) is 0 Å². The number of esters is 1. The lowest BCUT2D eigenvalue weighted by molar-refractivity contribution is -0.123. The third-order valence-corrected chi connectivity index (χ3v) is 3.56. The highest BCUT2D eigenvalue weighted by Crippen LogP contribution is 2.17. The number of anilines is 1. The highest BCUT2D eigenvalue weighted by Gasteiger charge is 2.15. The van der Waals surface area contributed by atoms with E-state index >= 15 is 0 Å². The second-order valence-electron chi connectivity index (χ2n) is 6.09. The van der Waals surface area contributed by atoms with Gasteiger partial charge in [0.1, 0.15) is 0 Å². The number of nitrogens with zero attached hydrogens (tertiary/aromatic N) is 1. The molecule has 138 valence electrons. The Balaban J connectivity index is 2.71. The third-order valence-electron chi connectivity index (χ3n) is 3.56. The van der Waals surface area contributed by atoms with E-state index in [0.29, 0.717) is 17.8 Å². The molecule has 1 aromatic carbocycles. The molecule has 0 aliphatic rings. The maximum absolute atomic E-state index is 12.3. The number of aryl methyl sites for hydroxylation is 1. The summed E-state index contributed by atoms with van der Waals surface area (Å²) in [5.74, 6) is -0.825. The molecule has 1 aromatic rings. The Morgan fingerprint density at radius 1 is 1.16 bits per heavy atom. The minimum Gasteiger partial charge on any atom is -0.465 e. The quantitative estimate of drug-likeness (QED) is 0.696. The topological polar surface area (TPSA) is 87.7 Å². The zero-order chi connectivity index (χ0) is 19.0. The molecule has 0 heterocycles. The first kappa shape index (κ1) is 20.6. The summed E-state index contributed by atoms with van der Waals surface area (Å²) < 4.78 is 4.69. The fraction of sp³-hybridized carbons (Fsp3) is 0.500. The number of hydrogen-bond donors (Lipinski definition) is 2. The standard InChI is InChI=1S/C18H27N3O4/c1-6-21(10-16(22)19-12(2)3)11-17(23)20-15-9-14(18(24)25-5)8-7-13(15)4/h7-9,12H,6,10-11H2,1-5H3,(H,19,22)(H,20,23). The molecular formula is C18H27N3O4. The van der Waals surface area contributed by atoms with Crippen molar-refractivity contribution in [3.8, 4) is 0 Å². The van der Waals surface area contributed by atoms with Gasteiger partial charge in [0.05, 0.1) is 25.8 Å². The number of ether oxygens (including phenoxy) is 1. The molecule has 0 saturated heterocycles. The number of benzene rings is 1. The van der Waals surface area contributed by atoms with Crippen LogP contribution in [0.1, 0.15) is 36.7 Å². The molecule has 0 saturated carbocycles. The molecule has 7 heteroatoms. The summed E-state index contributed by atoms with van der Waals surface area (Å²) >= 11 is 0. The summed E-state index contributed by atoms with van der Waals surface area (Å²) in [4.78, 5) is 37.5. The lowest BCUT2D eigenvalue weighted by atomic mass is 10.1. The van der Waals surface area contributed by atoms with Gasteiger partial charge in [0.15, 0.2) is 0 Å². The summed E-state index contributed by atoms with van der Waals surface area (Å²) in [6.45, 7) is 8.31. The first-order valence-corrected chi connectivity index (χ1v) is 8.27.